The van der Waals surface area contributed by atoms with Crippen LogP contribution in [0.5, 0.6) is 0 Å². The number of benzene rings is 1. The SMILES string of the molecule is COC(=O)Nc1nc2c(s1)CN(S(=O)(=O)c1ccc(Br)cc1)CC2. The van der Waals surface area contributed by atoms with Gasteiger partial charge in [0.2, 0.25) is 10.0 Å². The molecule has 2 heterocycles. The maximum absolute atomic E-state index is 12.7. The predicted octanol–water partition coefficient (Wildman–Crippen LogP) is 2.83. The highest BCUT2D eigenvalue weighted by Crippen LogP contribution is 2.31. The summed E-state index contributed by atoms with van der Waals surface area (Å²) in [5.74, 6) is 0. The lowest BCUT2D eigenvalue weighted by Crippen LogP contribution is -2.35. The average molecular weight is 432 g/mol. The van der Waals surface area contributed by atoms with Crippen LogP contribution in [0.1, 0.15) is 10.6 Å². The van der Waals surface area contributed by atoms with Gasteiger partial charge in [-0.05, 0) is 24.3 Å². The number of nitrogens with zero attached hydrogens (tertiary/aromatic N) is 2. The number of fused-ring (bicyclic) bond motifs is 1. The van der Waals surface area contributed by atoms with Crippen molar-refractivity contribution in [1.29, 1.82) is 0 Å². The summed E-state index contributed by atoms with van der Waals surface area (Å²) in [6.07, 6.45) is -0.0924. The molecule has 1 aromatic carbocycles. The lowest BCUT2D eigenvalue weighted by atomic mass is 10.2. The number of rotatable bonds is 3. The predicted molar refractivity (Wildman–Crippen MR) is 93.6 cm³/mol. The number of nitrogens with one attached hydrogen (secondary N) is 1. The molecule has 1 amide bonds. The molecule has 2 aromatic rings. The highest BCUT2D eigenvalue weighted by Gasteiger charge is 2.30. The molecule has 128 valence electrons. The number of aromatic nitrogens is 1. The van der Waals surface area contributed by atoms with E-state index in [0.29, 0.717) is 18.1 Å². The van der Waals surface area contributed by atoms with Crippen molar-refractivity contribution < 1.29 is 17.9 Å². The van der Waals surface area contributed by atoms with E-state index in [-0.39, 0.29) is 11.4 Å². The van der Waals surface area contributed by atoms with Gasteiger partial charge in [-0.3, -0.25) is 5.32 Å². The second kappa shape index (κ2) is 6.79. The van der Waals surface area contributed by atoms with Gasteiger partial charge in [0.15, 0.2) is 5.13 Å². The van der Waals surface area contributed by atoms with Gasteiger partial charge in [-0.25, -0.2) is 18.2 Å². The monoisotopic (exact) mass is 431 g/mol. The molecular weight excluding hydrogens is 418 g/mol. The maximum atomic E-state index is 12.7. The van der Waals surface area contributed by atoms with Crippen LogP contribution in [0.15, 0.2) is 33.6 Å². The van der Waals surface area contributed by atoms with Gasteiger partial charge < -0.3 is 4.74 Å². The van der Waals surface area contributed by atoms with Crippen molar-refractivity contribution >= 4 is 48.5 Å². The third kappa shape index (κ3) is 3.46. The molecule has 1 aliphatic heterocycles. The van der Waals surface area contributed by atoms with Crippen LogP contribution in [0.25, 0.3) is 0 Å². The summed E-state index contributed by atoms with van der Waals surface area (Å²) in [6.45, 7) is 0.598. The molecule has 0 saturated carbocycles. The van der Waals surface area contributed by atoms with Crippen molar-refractivity contribution in [2.45, 2.75) is 17.9 Å². The van der Waals surface area contributed by atoms with Crippen molar-refractivity contribution in [3.8, 4) is 0 Å². The fraction of sp³-hybridized carbons (Fsp3) is 0.286. The van der Waals surface area contributed by atoms with Crippen LogP contribution in [-0.4, -0.2) is 37.5 Å². The summed E-state index contributed by atoms with van der Waals surface area (Å²) in [6, 6.07) is 6.55. The summed E-state index contributed by atoms with van der Waals surface area (Å²) in [5, 5.41) is 2.93. The zero-order chi connectivity index (χ0) is 17.3. The van der Waals surface area contributed by atoms with Crippen molar-refractivity contribution in [3.63, 3.8) is 0 Å². The minimum Gasteiger partial charge on any atom is -0.453 e. The summed E-state index contributed by atoms with van der Waals surface area (Å²) in [7, 11) is -2.29. The second-order valence-electron chi connectivity index (χ2n) is 5.05. The quantitative estimate of drug-likeness (QED) is 0.806. The number of hydrogen-bond acceptors (Lipinski definition) is 6. The number of methoxy groups -OCH3 is 1. The van der Waals surface area contributed by atoms with Crippen LogP contribution in [0.3, 0.4) is 0 Å². The molecule has 0 aliphatic carbocycles. The molecule has 1 aliphatic rings. The zero-order valence-electron chi connectivity index (χ0n) is 12.7. The van der Waals surface area contributed by atoms with Crippen LogP contribution in [-0.2, 0) is 27.7 Å². The largest absolute Gasteiger partial charge is 0.453 e. The Labute approximate surface area is 151 Å². The molecule has 1 aromatic heterocycles. The van der Waals surface area contributed by atoms with Gasteiger partial charge in [-0.1, -0.05) is 27.3 Å². The van der Waals surface area contributed by atoms with Gasteiger partial charge in [-0.2, -0.15) is 4.31 Å². The molecule has 0 fully saturated rings. The molecule has 0 spiro atoms. The van der Waals surface area contributed by atoms with E-state index in [0.717, 1.165) is 15.0 Å². The van der Waals surface area contributed by atoms with Crippen LogP contribution in [0.2, 0.25) is 0 Å². The van der Waals surface area contributed by atoms with E-state index in [1.165, 1.54) is 22.8 Å². The molecule has 0 unspecified atom stereocenters. The van der Waals surface area contributed by atoms with Crippen LogP contribution in [0.4, 0.5) is 9.93 Å². The lowest BCUT2D eigenvalue weighted by molar-refractivity contribution is 0.187. The first-order chi connectivity index (χ1) is 11.4. The summed E-state index contributed by atoms with van der Waals surface area (Å²) >= 11 is 4.56. The van der Waals surface area contributed by atoms with Gasteiger partial charge in [0, 0.05) is 22.3 Å². The minimum absolute atomic E-state index is 0.244. The lowest BCUT2D eigenvalue weighted by Gasteiger charge is -2.25. The molecule has 0 saturated heterocycles. The van der Waals surface area contributed by atoms with Crippen molar-refractivity contribution in [3.05, 3.63) is 39.3 Å². The third-order valence-corrected chi connectivity index (χ3v) is 6.93. The highest BCUT2D eigenvalue weighted by molar-refractivity contribution is 9.10. The van der Waals surface area contributed by atoms with E-state index in [1.54, 1.807) is 24.3 Å². The van der Waals surface area contributed by atoms with E-state index < -0.39 is 16.1 Å². The fourth-order valence-electron chi connectivity index (χ4n) is 2.32. The van der Waals surface area contributed by atoms with Gasteiger partial charge in [0.25, 0.3) is 0 Å². The number of halogens is 1. The molecule has 7 nitrogen and oxygen atoms in total. The van der Waals surface area contributed by atoms with E-state index in [4.69, 9.17) is 0 Å². The molecule has 3 rings (SSSR count). The number of anilines is 1. The minimum atomic E-state index is -3.56. The molecular formula is C14H14BrN3O4S2. The first-order valence-electron chi connectivity index (χ1n) is 6.99. The van der Waals surface area contributed by atoms with Gasteiger partial charge in [0.1, 0.15) is 0 Å². The van der Waals surface area contributed by atoms with E-state index in [9.17, 15) is 13.2 Å². The van der Waals surface area contributed by atoms with Crippen molar-refractivity contribution in [2.75, 3.05) is 19.0 Å². The molecule has 24 heavy (non-hydrogen) atoms. The number of ether oxygens (including phenoxy) is 1. The Morgan fingerprint density at radius 1 is 1.38 bits per heavy atom. The first kappa shape index (κ1) is 17.3. The third-order valence-electron chi connectivity index (χ3n) is 3.54. The van der Waals surface area contributed by atoms with E-state index in [2.05, 4.69) is 31.0 Å². The Kier molecular flexibility index (Phi) is 4.90. The number of amides is 1. The molecule has 10 heteroatoms. The van der Waals surface area contributed by atoms with Gasteiger partial charge >= 0.3 is 6.09 Å². The van der Waals surface area contributed by atoms with Gasteiger partial charge in [0.05, 0.1) is 24.2 Å². The van der Waals surface area contributed by atoms with E-state index >= 15 is 0 Å². The maximum Gasteiger partial charge on any atom is 0.413 e. The topological polar surface area (TPSA) is 88.6 Å². The Balaban J connectivity index is 1.81. The summed E-state index contributed by atoms with van der Waals surface area (Å²) in [5.41, 5.74) is 0.814. The van der Waals surface area contributed by atoms with Crippen LogP contribution >= 0.6 is 27.3 Å². The number of thiazole rings is 1. The molecule has 0 atom stereocenters. The normalized spacial score (nSPS) is 14.9. The molecule has 0 radical (unpaired) electrons. The highest BCUT2D eigenvalue weighted by atomic mass is 79.9. The fourth-order valence-corrected chi connectivity index (χ4v) is 5.09. The second-order valence-corrected chi connectivity index (χ2v) is 8.99. The van der Waals surface area contributed by atoms with Crippen LogP contribution in [0, 0.1) is 0 Å². The summed E-state index contributed by atoms with van der Waals surface area (Å²) < 4.78 is 32.3. The molecule has 1 N–H and O–H groups in total. The standard InChI is InChI=1S/C14H14BrN3O4S2/c1-22-14(19)17-13-16-11-6-7-18(8-12(11)23-13)24(20,21)10-4-2-9(15)3-5-10/h2-5H,6-8H2,1H3,(H,16,17,19). The van der Waals surface area contributed by atoms with Crippen molar-refractivity contribution in [1.82, 2.24) is 9.29 Å². The Morgan fingerprint density at radius 2 is 2.08 bits per heavy atom. The first-order valence-corrected chi connectivity index (χ1v) is 10.0. The molecule has 0 bridgehead atoms. The van der Waals surface area contributed by atoms with Crippen molar-refractivity contribution in [2.24, 2.45) is 0 Å². The number of carbonyl (C=O) groups is 1. The average Bonchev–Trinajstić information content (AvgIpc) is 2.96. The van der Waals surface area contributed by atoms with E-state index in [1.807, 2.05) is 0 Å². The van der Waals surface area contributed by atoms with Crippen LogP contribution < -0.4 is 5.32 Å². The summed E-state index contributed by atoms with van der Waals surface area (Å²) in [4.78, 5) is 16.7. The number of carbonyl (C=O) groups excluding carboxylic acids is 1. The number of hydrogen-bond donors (Lipinski definition) is 1. The van der Waals surface area contributed by atoms with Gasteiger partial charge in [-0.15, -0.1) is 0 Å². The zero-order valence-corrected chi connectivity index (χ0v) is 15.9. The Bertz CT molecular complexity index is 865. The smallest absolute Gasteiger partial charge is 0.413 e. The number of sulfonamides is 1. The Morgan fingerprint density at radius 3 is 2.75 bits per heavy atom. The Hall–Kier alpha value is -1.49.